The number of aliphatic imine (C=N–C) groups is 1. The number of hydroxylamine groups is 1. The predicted octanol–water partition coefficient (Wildman–Crippen LogP) is 3.46. The minimum Gasteiger partial charge on any atom is -0.265 e. The van der Waals surface area contributed by atoms with Gasteiger partial charge in [0, 0.05) is 6.07 Å². The van der Waals surface area contributed by atoms with Crippen LogP contribution in [0.5, 0.6) is 0 Å². The van der Waals surface area contributed by atoms with E-state index in [9.17, 15) is 14.9 Å². The molecule has 1 aliphatic heterocycles. The average Bonchev–Trinajstić information content (AvgIpc) is 2.76. The molecule has 1 saturated heterocycles. The SMILES string of the molecule is O=C1C(=Nc2ccccc2)N(c2ccccc2)OCN1c1ccc([N+](=O)[O-])cn1. The van der Waals surface area contributed by atoms with E-state index in [4.69, 9.17) is 4.84 Å². The summed E-state index contributed by atoms with van der Waals surface area (Å²) in [5, 5.41) is 12.2. The van der Waals surface area contributed by atoms with Gasteiger partial charge in [0.1, 0.15) is 12.0 Å². The Morgan fingerprint density at radius 1 is 1.00 bits per heavy atom. The van der Waals surface area contributed by atoms with E-state index in [-0.39, 0.29) is 24.1 Å². The summed E-state index contributed by atoms with van der Waals surface area (Å²) in [7, 11) is 0. The molecule has 0 aliphatic carbocycles. The van der Waals surface area contributed by atoms with E-state index in [1.165, 1.54) is 22.1 Å². The van der Waals surface area contributed by atoms with Crippen molar-refractivity contribution in [2.24, 2.45) is 4.99 Å². The Bertz CT molecular complexity index is 1060. The number of hydrogen-bond acceptors (Lipinski definition) is 6. The van der Waals surface area contributed by atoms with Crippen LogP contribution >= 0.6 is 0 Å². The molecule has 4 rings (SSSR count). The normalized spacial score (nSPS) is 15.6. The largest absolute Gasteiger partial charge is 0.299 e. The zero-order chi connectivity index (χ0) is 20.2. The third-order valence-electron chi connectivity index (χ3n) is 4.15. The first-order valence-electron chi connectivity index (χ1n) is 8.67. The van der Waals surface area contributed by atoms with E-state index >= 15 is 0 Å². The van der Waals surface area contributed by atoms with Crippen LogP contribution in [0.2, 0.25) is 0 Å². The molecule has 0 spiro atoms. The maximum absolute atomic E-state index is 13.2. The third-order valence-corrected chi connectivity index (χ3v) is 4.15. The van der Waals surface area contributed by atoms with Crippen LogP contribution in [0.25, 0.3) is 0 Å². The van der Waals surface area contributed by atoms with Crippen LogP contribution in [0.1, 0.15) is 0 Å². The number of rotatable bonds is 4. The number of para-hydroxylation sites is 2. The van der Waals surface area contributed by atoms with Crippen molar-refractivity contribution in [3.8, 4) is 0 Å². The fourth-order valence-corrected chi connectivity index (χ4v) is 2.74. The zero-order valence-corrected chi connectivity index (χ0v) is 15.1. The molecular formula is C20H15N5O4. The number of hydrogen-bond donors (Lipinski definition) is 0. The highest BCUT2D eigenvalue weighted by atomic mass is 16.7. The lowest BCUT2D eigenvalue weighted by molar-refractivity contribution is -0.385. The van der Waals surface area contributed by atoms with Gasteiger partial charge in [-0.3, -0.25) is 19.8 Å². The number of benzene rings is 2. The van der Waals surface area contributed by atoms with Gasteiger partial charge in [0.05, 0.1) is 16.3 Å². The Kier molecular flexibility index (Phi) is 4.95. The number of nitrogens with zero attached hydrogens (tertiary/aromatic N) is 5. The van der Waals surface area contributed by atoms with Gasteiger partial charge in [0.15, 0.2) is 6.73 Å². The van der Waals surface area contributed by atoms with Crippen LogP contribution < -0.4 is 9.96 Å². The van der Waals surface area contributed by atoms with Crippen molar-refractivity contribution < 1.29 is 14.6 Å². The van der Waals surface area contributed by atoms with Gasteiger partial charge in [0.25, 0.3) is 11.6 Å². The molecule has 0 unspecified atom stereocenters. The van der Waals surface area contributed by atoms with Crippen molar-refractivity contribution in [1.82, 2.24) is 4.98 Å². The standard InChI is InChI=1S/C20H15N5O4/c26-20-19(22-15-7-3-1-4-8-15)24(16-9-5-2-6-10-16)29-14-23(20)18-12-11-17(13-21-18)25(27)28/h1-13H,14H2. The molecule has 1 aromatic heterocycles. The maximum atomic E-state index is 13.2. The minimum atomic E-state index is -0.551. The lowest BCUT2D eigenvalue weighted by atomic mass is 10.3. The molecule has 0 radical (unpaired) electrons. The summed E-state index contributed by atoms with van der Waals surface area (Å²) in [5.74, 6) is -0.159. The first-order valence-corrected chi connectivity index (χ1v) is 8.67. The first-order chi connectivity index (χ1) is 14.1. The molecule has 0 N–H and O–H groups in total. The summed E-state index contributed by atoms with van der Waals surface area (Å²) < 4.78 is 0. The van der Waals surface area contributed by atoms with Crippen LogP contribution in [-0.4, -0.2) is 28.4 Å². The summed E-state index contributed by atoms with van der Waals surface area (Å²) in [5.41, 5.74) is 1.06. The predicted molar refractivity (Wildman–Crippen MR) is 107 cm³/mol. The van der Waals surface area contributed by atoms with Gasteiger partial charge in [-0.1, -0.05) is 36.4 Å². The number of carbonyl (C=O) groups excluding carboxylic acids is 1. The number of pyridine rings is 1. The highest BCUT2D eigenvalue weighted by Crippen LogP contribution is 2.25. The Hall–Kier alpha value is -4.11. The number of anilines is 2. The minimum absolute atomic E-state index is 0.0498. The van der Waals surface area contributed by atoms with E-state index in [0.717, 1.165) is 6.20 Å². The molecular weight excluding hydrogens is 374 g/mol. The molecule has 2 heterocycles. The molecule has 144 valence electrons. The van der Waals surface area contributed by atoms with Crippen LogP contribution in [0.15, 0.2) is 84.0 Å². The van der Waals surface area contributed by atoms with Crippen LogP contribution in [-0.2, 0) is 9.63 Å². The van der Waals surface area contributed by atoms with Crippen molar-refractivity contribution in [3.63, 3.8) is 0 Å². The van der Waals surface area contributed by atoms with E-state index in [0.29, 0.717) is 11.4 Å². The fourth-order valence-electron chi connectivity index (χ4n) is 2.74. The molecule has 3 aromatic rings. The second-order valence-corrected chi connectivity index (χ2v) is 6.02. The van der Waals surface area contributed by atoms with Gasteiger partial charge in [-0.2, -0.15) is 5.06 Å². The van der Waals surface area contributed by atoms with Gasteiger partial charge in [0.2, 0.25) is 5.84 Å². The second-order valence-electron chi connectivity index (χ2n) is 6.02. The van der Waals surface area contributed by atoms with Crippen LogP contribution in [0.3, 0.4) is 0 Å². The molecule has 1 fully saturated rings. The molecule has 9 heteroatoms. The van der Waals surface area contributed by atoms with Crippen molar-refractivity contribution in [1.29, 1.82) is 0 Å². The topological polar surface area (TPSA) is 101 Å². The lowest BCUT2D eigenvalue weighted by Crippen LogP contribution is -2.53. The number of carbonyl (C=O) groups is 1. The van der Waals surface area contributed by atoms with Gasteiger partial charge in [-0.15, -0.1) is 0 Å². The number of nitro groups is 1. The van der Waals surface area contributed by atoms with Crippen molar-refractivity contribution >= 4 is 34.6 Å². The van der Waals surface area contributed by atoms with Gasteiger partial charge < -0.3 is 0 Å². The monoisotopic (exact) mass is 389 g/mol. The molecule has 0 atom stereocenters. The summed E-state index contributed by atoms with van der Waals surface area (Å²) >= 11 is 0. The number of amides is 1. The van der Waals surface area contributed by atoms with E-state index in [2.05, 4.69) is 9.98 Å². The van der Waals surface area contributed by atoms with E-state index in [1.54, 1.807) is 24.3 Å². The van der Waals surface area contributed by atoms with E-state index in [1.807, 2.05) is 36.4 Å². The van der Waals surface area contributed by atoms with Gasteiger partial charge >= 0.3 is 0 Å². The van der Waals surface area contributed by atoms with Crippen LogP contribution in [0, 0.1) is 10.1 Å². The molecule has 29 heavy (non-hydrogen) atoms. The lowest BCUT2D eigenvalue weighted by Gasteiger charge is -2.34. The van der Waals surface area contributed by atoms with E-state index < -0.39 is 10.8 Å². The maximum Gasteiger partial charge on any atom is 0.299 e. The summed E-state index contributed by atoms with van der Waals surface area (Å²) in [6.45, 7) is -0.119. The van der Waals surface area contributed by atoms with Gasteiger partial charge in [-0.25, -0.2) is 14.8 Å². The Labute approximate surface area is 165 Å². The molecule has 0 saturated carbocycles. The van der Waals surface area contributed by atoms with Crippen molar-refractivity contribution in [3.05, 3.63) is 89.1 Å². The first kappa shape index (κ1) is 18.3. The highest BCUT2D eigenvalue weighted by Gasteiger charge is 2.34. The highest BCUT2D eigenvalue weighted by molar-refractivity contribution is 6.47. The molecule has 0 bridgehead atoms. The Balaban J connectivity index is 1.72. The van der Waals surface area contributed by atoms with Gasteiger partial charge in [-0.05, 0) is 30.3 Å². The molecule has 9 nitrogen and oxygen atoms in total. The third kappa shape index (κ3) is 3.80. The Morgan fingerprint density at radius 3 is 2.31 bits per heavy atom. The van der Waals surface area contributed by atoms with Crippen molar-refractivity contribution in [2.45, 2.75) is 0 Å². The molecule has 1 aliphatic rings. The summed E-state index contributed by atoms with van der Waals surface area (Å²) in [6.07, 6.45) is 1.10. The summed E-state index contributed by atoms with van der Waals surface area (Å²) in [6, 6.07) is 20.8. The molecule has 2 aromatic carbocycles. The second kappa shape index (κ2) is 7.87. The fraction of sp³-hybridized carbons (Fsp3) is 0.0500. The average molecular weight is 389 g/mol. The zero-order valence-electron chi connectivity index (χ0n) is 15.1. The summed E-state index contributed by atoms with van der Waals surface area (Å²) in [4.78, 5) is 39.1. The van der Waals surface area contributed by atoms with Crippen molar-refractivity contribution in [2.75, 3.05) is 16.7 Å². The smallest absolute Gasteiger partial charge is 0.265 e. The van der Waals surface area contributed by atoms with Crippen LogP contribution in [0.4, 0.5) is 22.9 Å². The molecule has 1 amide bonds. The quantitative estimate of drug-likeness (QED) is 0.500. The number of aromatic nitrogens is 1. The number of amidine groups is 1. The Morgan fingerprint density at radius 2 is 1.69 bits per heavy atom.